The molecular formula is C44H41IN4O2SUV2. The van der Waals surface area contributed by atoms with Crippen LogP contribution in [-0.4, -0.2) is 38.4 Å². The zero-order valence-electron chi connectivity index (χ0n) is 32.5. The van der Waals surface area contributed by atoms with Gasteiger partial charge in [-0.25, -0.2) is 0 Å². The molecular weight excluding hydrogens is 1120 g/mol. The fourth-order valence-corrected chi connectivity index (χ4v) is 8.05. The van der Waals surface area contributed by atoms with E-state index in [-0.39, 0.29) is 66.3 Å². The molecule has 0 bridgehead atoms. The number of anilines is 2. The molecule has 11 heteroatoms. The Hall–Kier alpha value is -2.58. The van der Waals surface area contributed by atoms with E-state index in [1.807, 2.05) is 87.0 Å². The summed E-state index contributed by atoms with van der Waals surface area (Å²) in [7, 11) is 8.56. The van der Waals surface area contributed by atoms with E-state index in [2.05, 4.69) is 128 Å². The van der Waals surface area contributed by atoms with E-state index in [4.69, 9.17) is 10.6 Å². The number of allylic oxidation sites excluding steroid dienone is 2. The van der Waals surface area contributed by atoms with Gasteiger partial charge < -0.3 is 14.5 Å². The van der Waals surface area contributed by atoms with Crippen molar-refractivity contribution < 1.29 is 70.2 Å². The molecule has 3 aliphatic heterocycles. The summed E-state index contributed by atoms with van der Waals surface area (Å²) in [6.07, 6.45) is 7.29. The largest absolute Gasteiger partial charge is 0 e. The van der Waals surface area contributed by atoms with E-state index < -0.39 is 16.8 Å². The molecule has 0 saturated heterocycles. The Kier molecular flexibility index (Phi) is 13.4. The number of halogens is 1. The summed E-state index contributed by atoms with van der Waals surface area (Å²) in [6, 6.07) is 37.2. The molecule has 1 atom stereocenters. The molecule has 0 N–H and O–H groups in total. The smallest absolute Gasteiger partial charge is 0 e. The maximum atomic E-state index is 12.4. The number of ketones is 1. The summed E-state index contributed by atoms with van der Waals surface area (Å²) in [4.78, 5) is 26.3. The molecule has 9 rings (SSSR count). The van der Waals surface area contributed by atoms with Crippen molar-refractivity contribution >= 4 is 81.9 Å². The third kappa shape index (κ3) is 7.62. The van der Waals surface area contributed by atoms with Crippen LogP contribution in [0.2, 0.25) is 0 Å². The minimum atomic E-state index is -1.38. The van der Waals surface area contributed by atoms with Gasteiger partial charge in [0.1, 0.15) is 17.1 Å². The summed E-state index contributed by atoms with van der Waals surface area (Å²) in [5.41, 5.74) is 8.39. The third-order valence-electron chi connectivity index (χ3n) is 11.0. The summed E-state index contributed by atoms with van der Waals surface area (Å²) >= 11 is 0.586. The van der Waals surface area contributed by atoms with E-state index in [1.54, 1.807) is 6.08 Å². The Morgan fingerprint density at radius 2 is 1.47 bits per heavy atom. The molecule has 5 aromatic rings. The van der Waals surface area contributed by atoms with Crippen LogP contribution in [0.3, 0.4) is 0 Å². The average molecular weight is 1160 g/mol. The van der Waals surface area contributed by atoms with Gasteiger partial charge in [-0.3, -0.25) is 14.8 Å². The fourth-order valence-electron chi connectivity index (χ4n) is 8.05. The van der Waals surface area contributed by atoms with Crippen LogP contribution in [0.5, 0.6) is 5.75 Å². The number of carbonyl (C=O) groups is 1. The first-order valence-corrected chi connectivity index (χ1v) is 24.0. The number of carbonyl (C=O) groups excluding carboxylic acids is 1. The summed E-state index contributed by atoms with van der Waals surface area (Å²) in [5, 5.41) is 2.31. The molecule has 0 amide bonds. The number of nitrogens with zero attached hydrogens (tertiary/aromatic N) is 4. The summed E-state index contributed by atoms with van der Waals surface area (Å²) < 4.78 is 13.2. The van der Waals surface area contributed by atoms with Gasteiger partial charge in [-0.15, -0.1) is 0 Å². The van der Waals surface area contributed by atoms with Gasteiger partial charge in [0, 0.05) is 103 Å². The van der Waals surface area contributed by atoms with Crippen LogP contribution in [0, 0.1) is 31.1 Å². The number of likely N-dealkylation sites (N-methyl/N-ethyl adjacent to an activating group) is 2. The number of ether oxygens (including phenoxy) is 1. The number of fused-ring (bicyclic) bond motifs is 6. The van der Waals surface area contributed by atoms with Gasteiger partial charge in [-0.05, 0) is 60.2 Å². The number of para-hydroxylation sites is 2. The second kappa shape index (κ2) is 17.5. The van der Waals surface area contributed by atoms with Gasteiger partial charge in [-0.1, -0.05) is 111 Å². The minimum Gasteiger partial charge on any atom is 0 e. The van der Waals surface area contributed by atoms with Gasteiger partial charge in [-0.2, -0.15) is 0 Å². The SMILES string of the molecule is CN1C(=CN=C2C(=O)C=Cc3ccccc32)C(C)(C)c2ccccc21.CN1c2ccccc2C(C)(C)C12C=Nc1c(ccc3ccccc13)O2.[2H][V](=[S])[I].[U].[V]. The van der Waals surface area contributed by atoms with Crippen molar-refractivity contribution in [3.63, 3.8) is 0 Å². The van der Waals surface area contributed by atoms with Crippen molar-refractivity contribution in [2.24, 2.45) is 9.98 Å². The monoisotopic (exact) mass is 1160 g/mol. The second-order valence-electron chi connectivity index (χ2n) is 14.4. The van der Waals surface area contributed by atoms with Gasteiger partial charge in [0.05, 0.1) is 11.6 Å². The molecule has 6 nitrogen and oxygen atoms in total. The van der Waals surface area contributed by atoms with Gasteiger partial charge in [0.15, 0.2) is 0 Å². The average Bonchev–Trinajstić information content (AvgIpc) is 3.46. The second-order valence-corrected chi connectivity index (χ2v) is 20.1. The van der Waals surface area contributed by atoms with Gasteiger partial charge in [0.25, 0.3) is 0 Å². The molecule has 1 unspecified atom stereocenters. The predicted molar refractivity (Wildman–Crippen MR) is 229 cm³/mol. The van der Waals surface area contributed by atoms with Crippen molar-refractivity contribution in [3.8, 4) is 5.75 Å². The maximum Gasteiger partial charge on any atom is 0 e. The van der Waals surface area contributed by atoms with Gasteiger partial charge >= 0.3 is 42.2 Å². The zero-order valence-corrected chi connectivity index (χ0v) is 41.4. The molecule has 0 aromatic heterocycles. The molecule has 1 radical (unpaired) electrons. The molecule has 1 spiro atoms. The number of aliphatic imine (C=N–C) groups is 2. The van der Waals surface area contributed by atoms with Crippen LogP contribution in [0.15, 0.2) is 137 Å². The van der Waals surface area contributed by atoms with Crippen LogP contribution in [0.1, 0.15) is 49.9 Å². The van der Waals surface area contributed by atoms with Crippen LogP contribution in [-0.2, 0) is 45.2 Å². The van der Waals surface area contributed by atoms with Crippen LogP contribution < -0.4 is 14.5 Å². The van der Waals surface area contributed by atoms with E-state index in [0.717, 1.165) is 33.6 Å². The van der Waals surface area contributed by atoms with Crippen molar-refractivity contribution in [2.75, 3.05) is 23.9 Å². The Balaban J connectivity index is 0.000000190. The van der Waals surface area contributed by atoms with E-state index in [1.165, 1.54) is 27.9 Å². The minimum absolute atomic E-state index is 0. The topological polar surface area (TPSA) is 57.5 Å². The van der Waals surface area contributed by atoms with E-state index in [9.17, 15) is 4.79 Å². The van der Waals surface area contributed by atoms with Crippen molar-refractivity contribution in [3.05, 3.63) is 149 Å². The number of rotatable bonds is 1. The van der Waals surface area contributed by atoms with Gasteiger partial charge in [0.2, 0.25) is 11.5 Å². The maximum absolute atomic E-state index is 12.4. The van der Waals surface area contributed by atoms with E-state index >= 15 is 0 Å². The molecule has 55 heavy (non-hydrogen) atoms. The Morgan fingerprint density at radius 1 is 0.855 bits per heavy atom. The first-order valence-electron chi connectivity index (χ1n) is 17.9. The molecule has 0 saturated carbocycles. The molecule has 1 aliphatic carbocycles. The van der Waals surface area contributed by atoms with E-state index in [0.29, 0.717) is 5.71 Å². The summed E-state index contributed by atoms with van der Waals surface area (Å²) in [6.45, 7) is 8.84. The Bertz CT molecular complexity index is 2470. The Morgan fingerprint density at radius 3 is 2.18 bits per heavy atom. The van der Waals surface area contributed by atoms with Crippen molar-refractivity contribution in [1.82, 2.24) is 0 Å². The van der Waals surface area contributed by atoms with Crippen LogP contribution in [0.25, 0.3) is 16.8 Å². The Labute approximate surface area is 382 Å². The molecule has 4 aliphatic rings. The molecule has 3 heterocycles. The van der Waals surface area contributed by atoms with Crippen molar-refractivity contribution in [2.45, 2.75) is 44.2 Å². The predicted octanol–water partition coefficient (Wildman–Crippen LogP) is 10.7. The number of hydrogen-bond acceptors (Lipinski definition) is 7. The standard InChI is InChI=1S/2C22H20N2O.HI.S.U.2V.H/c1-21(2)17-10-6-7-11-18(17)24(3)22(21)14-23-20-16-9-5-4-8-15(16)12-13-19(20)25-22;1-22(2)17-10-6-7-11-18(17)24(3)20(22)14-23-21-16-9-5-4-8-15(16)12-13-19(21)25;;;;;;/h2*4-14H,1-3H3;1H;;;;;/q;;;;;;+1;/p-1/i;;;;;;;1+1. The molecule has 5 aromatic carbocycles. The fraction of sp³-hybridized carbons (Fsp3) is 0.205. The third-order valence-corrected chi connectivity index (χ3v) is 11.0. The first kappa shape index (κ1) is 42.0. The summed E-state index contributed by atoms with van der Waals surface area (Å²) in [5.74, 6) is 0.792. The number of hydrogen-bond donors (Lipinski definition) is 0. The number of benzene rings is 5. The van der Waals surface area contributed by atoms with Crippen LogP contribution >= 0.6 is 30.3 Å². The van der Waals surface area contributed by atoms with Crippen molar-refractivity contribution in [1.29, 1.82) is 0.879 Å². The van der Waals surface area contributed by atoms with Crippen LogP contribution in [0.4, 0.5) is 17.1 Å². The quantitative estimate of drug-likeness (QED) is 0.157. The zero-order chi connectivity index (χ0) is 38.4. The normalized spacial score (nSPS) is 20.3. The molecule has 276 valence electrons. The first-order chi connectivity index (χ1) is 25.8. The molecule has 0 fully saturated rings.